The first-order chi connectivity index (χ1) is 14.7. The molecule has 0 aliphatic heterocycles. The van der Waals surface area contributed by atoms with Gasteiger partial charge in [0.05, 0.1) is 35.4 Å². The number of thioether (sulfide) groups is 1. The lowest BCUT2D eigenvalue weighted by Gasteiger charge is -2.19. The van der Waals surface area contributed by atoms with Crippen LogP contribution in [0.3, 0.4) is 0 Å². The number of halogens is 1. The number of esters is 1. The minimum absolute atomic E-state index is 0.105. The average molecular weight is 460 g/mol. The van der Waals surface area contributed by atoms with Crippen LogP contribution in [0.25, 0.3) is 10.9 Å². The number of aromatic nitrogens is 2. The number of fused-ring (bicyclic) bond motifs is 1. The fraction of sp³-hybridized carbons (Fsp3) is 0.273. The predicted molar refractivity (Wildman–Crippen MR) is 122 cm³/mol. The molecule has 7 nitrogen and oxygen atoms in total. The van der Waals surface area contributed by atoms with E-state index in [9.17, 15) is 14.4 Å². The topological polar surface area (TPSA) is 81.5 Å². The van der Waals surface area contributed by atoms with Crippen molar-refractivity contribution in [3.8, 4) is 0 Å². The van der Waals surface area contributed by atoms with Gasteiger partial charge in [-0.05, 0) is 36.8 Å². The van der Waals surface area contributed by atoms with Gasteiger partial charge in [-0.15, -0.1) is 0 Å². The highest BCUT2D eigenvalue weighted by molar-refractivity contribution is 8.00. The number of methoxy groups -OCH3 is 1. The normalized spacial score (nSPS) is 11.9. The van der Waals surface area contributed by atoms with Gasteiger partial charge in [0.15, 0.2) is 5.16 Å². The molecule has 1 atom stereocenters. The highest BCUT2D eigenvalue weighted by Crippen LogP contribution is 2.26. The van der Waals surface area contributed by atoms with Crippen LogP contribution in [-0.2, 0) is 16.1 Å². The molecule has 1 amide bonds. The Morgan fingerprint density at radius 3 is 2.58 bits per heavy atom. The van der Waals surface area contributed by atoms with Crippen LogP contribution in [0.2, 0.25) is 5.02 Å². The van der Waals surface area contributed by atoms with Gasteiger partial charge in [0.25, 0.3) is 5.56 Å². The van der Waals surface area contributed by atoms with Crippen LogP contribution < -0.4 is 5.56 Å². The molecule has 1 heterocycles. The summed E-state index contributed by atoms with van der Waals surface area (Å²) >= 11 is 7.49. The largest absolute Gasteiger partial charge is 0.465 e. The maximum Gasteiger partial charge on any atom is 0.337 e. The molecule has 0 radical (unpaired) electrons. The molecule has 9 heteroatoms. The lowest BCUT2D eigenvalue weighted by Crippen LogP contribution is -2.31. The third-order valence-electron chi connectivity index (χ3n) is 4.70. The van der Waals surface area contributed by atoms with Crippen molar-refractivity contribution in [2.75, 3.05) is 21.2 Å². The molecule has 0 unspecified atom stereocenters. The Kier molecular flexibility index (Phi) is 7.02. The summed E-state index contributed by atoms with van der Waals surface area (Å²) in [6.45, 7) is 1.96. The van der Waals surface area contributed by atoms with Crippen LogP contribution in [0.15, 0.2) is 52.4 Å². The standard InChI is InChI=1S/C22H22ClN3O4S/c1-13(19(27)25(2)3)31-22-24-18-11-14(21(29)30-4)9-10-16(18)20(28)26(22)12-15-7-5-6-8-17(15)23/h5-11,13H,12H2,1-4H3/t13-/m1/s1. The van der Waals surface area contributed by atoms with Gasteiger partial charge in [-0.25, -0.2) is 9.78 Å². The van der Waals surface area contributed by atoms with Crippen molar-refractivity contribution < 1.29 is 14.3 Å². The van der Waals surface area contributed by atoms with E-state index in [1.54, 1.807) is 33.2 Å². The van der Waals surface area contributed by atoms with Crippen molar-refractivity contribution in [2.24, 2.45) is 0 Å². The minimum atomic E-state index is -0.519. The summed E-state index contributed by atoms with van der Waals surface area (Å²) in [4.78, 5) is 43.8. The maximum atomic E-state index is 13.4. The van der Waals surface area contributed by atoms with E-state index in [2.05, 4.69) is 4.98 Å². The first-order valence-electron chi connectivity index (χ1n) is 9.47. The molecule has 0 saturated heterocycles. The molecule has 0 bridgehead atoms. The third-order valence-corrected chi connectivity index (χ3v) is 6.14. The quantitative estimate of drug-likeness (QED) is 0.319. The Balaban J connectivity index is 2.17. The van der Waals surface area contributed by atoms with Crippen LogP contribution in [0, 0.1) is 0 Å². The molecule has 2 aromatic carbocycles. The summed E-state index contributed by atoms with van der Waals surface area (Å²) in [5.74, 6) is -0.624. The van der Waals surface area contributed by atoms with E-state index in [1.165, 1.54) is 40.5 Å². The van der Waals surface area contributed by atoms with Gasteiger partial charge >= 0.3 is 5.97 Å². The van der Waals surface area contributed by atoms with Gasteiger partial charge < -0.3 is 9.64 Å². The summed E-state index contributed by atoms with van der Waals surface area (Å²) in [6, 6.07) is 11.9. The average Bonchev–Trinajstić information content (AvgIpc) is 2.75. The number of benzene rings is 2. The summed E-state index contributed by atoms with van der Waals surface area (Å²) < 4.78 is 6.27. The van der Waals surface area contributed by atoms with Gasteiger partial charge in [-0.3, -0.25) is 14.2 Å². The fourth-order valence-corrected chi connectivity index (χ4v) is 4.29. The van der Waals surface area contributed by atoms with Crippen molar-refractivity contribution in [3.63, 3.8) is 0 Å². The molecule has 0 N–H and O–H groups in total. The molecular weight excluding hydrogens is 438 g/mol. The number of nitrogens with zero attached hydrogens (tertiary/aromatic N) is 3. The Hall–Kier alpha value is -2.84. The molecule has 0 aliphatic carbocycles. The molecule has 162 valence electrons. The zero-order valence-electron chi connectivity index (χ0n) is 17.6. The molecule has 0 saturated carbocycles. The van der Waals surface area contributed by atoms with Crippen molar-refractivity contribution in [2.45, 2.75) is 23.9 Å². The minimum Gasteiger partial charge on any atom is -0.465 e. The van der Waals surface area contributed by atoms with Crippen molar-refractivity contribution in [3.05, 3.63) is 69.0 Å². The van der Waals surface area contributed by atoms with Gasteiger partial charge in [-0.2, -0.15) is 0 Å². The van der Waals surface area contributed by atoms with Crippen LogP contribution in [0.1, 0.15) is 22.8 Å². The molecule has 0 aliphatic rings. The first-order valence-corrected chi connectivity index (χ1v) is 10.7. The number of hydrogen-bond acceptors (Lipinski definition) is 6. The second kappa shape index (κ2) is 9.53. The van der Waals surface area contributed by atoms with E-state index >= 15 is 0 Å². The SMILES string of the molecule is COC(=O)c1ccc2c(=O)n(Cc3ccccc3Cl)c(S[C@H](C)C(=O)N(C)C)nc2c1. The van der Waals surface area contributed by atoms with Crippen LogP contribution >= 0.6 is 23.4 Å². The van der Waals surface area contributed by atoms with E-state index in [-0.39, 0.29) is 18.0 Å². The van der Waals surface area contributed by atoms with Gasteiger partial charge in [0.2, 0.25) is 5.91 Å². The van der Waals surface area contributed by atoms with E-state index < -0.39 is 11.2 Å². The van der Waals surface area contributed by atoms with E-state index in [4.69, 9.17) is 16.3 Å². The van der Waals surface area contributed by atoms with E-state index in [0.717, 1.165) is 5.56 Å². The molecule has 1 aromatic heterocycles. The monoisotopic (exact) mass is 459 g/mol. The molecule has 31 heavy (non-hydrogen) atoms. The van der Waals surface area contributed by atoms with Gasteiger partial charge in [-0.1, -0.05) is 41.6 Å². The Morgan fingerprint density at radius 2 is 1.94 bits per heavy atom. The zero-order chi connectivity index (χ0) is 22.7. The van der Waals surface area contributed by atoms with Crippen molar-refractivity contribution >= 4 is 46.1 Å². The maximum absolute atomic E-state index is 13.4. The lowest BCUT2D eigenvalue weighted by molar-refractivity contribution is -0.127. The number of amides is 1. The Labute approximate surface area is 189 Å². The van der Waals surface area contributed by atoms with Crippen LogP contribution in [-0.4, -0.2) is 52.8 Å². The summed E-state index contributed by atoms with van der Waals surface area (Å²) in [6.07, 6.45) is 0. The Bertz CT molecular complexity index is 1210. The second-order valence-electron chi connectivity index (χ2n) is 7.09. The van der Waals surface area contributed by atoms with Crippen LogP contribution in [0.5, 0.6) is 0 Å². The first kappa shape index (κ1) is 22.8. The molecule has 3 aromatic rings. The van der Waals surface area contributed by atoms with Crippen molar-refractivity contribution in [1.29, 1.82) is 0 Å². The summed E-state index contributed by atoms with van der Waals surface area (Å²) in [5, 5.41) is 0.780. The molecule has 0 fully saturated rings. The fourth-order valence-electron chi connectivity index (χ4n) is 3.04. The number of carbonyl (C=O) groups excluding carboxylic acids is 2. The smallest absolute Gasteiger partial charge is 0.337 e. The highest BCUT2D eigenvalue weighted by Gasteiger charge is 2.21. The summed E-state index contributed by atoms with van der Waals surface area (Å²) in [7, 11) is 4.64. The third kappa shape index (κ3) is 4.91. The number of hydrogen-bond donors (Lipinski definition) is 0. The van der Waals surface area contributed by atoms with Gasteiger partial charge in [0, 0.05) is 19.1 Å². The van der Waals surface area contributed by atoms with Gasteiger partial charge in [0.1, 0.15) is 0 Å². The lowest BCUT2D eigenvalue weighted by atomic mass is 10.1. The summed E-state index contributed by atoms with van der Waals surface area (Å²) in [5.41, 5.74) is 1.12. The zero-order valence-corrected chi connectivity index (χ0v) is 19.2. The number of ether oxygens (including phenoxy) is 1. The number of carbonyl (C=O) groups is 2. The highest BCUT2D eigenvalue weighted by atomic mass is 35.5. The number of rotatable bonds is 6. The van der Waals surface area contributed by atoms with Crippen LogP contribution in [0.4, 0.5) is 0 Å². The second-order valence-corrected chi connectivity index (χ2v) is 8.81. The predicted octanol–water partition coefficient (Wildman–Crippen LogP) is 3.45. The van der Waals surface area contributed by atoms with E-state index in [1.807, 2.05) is 18.2 Å². The van der Waals surface area contributed by atoms with E-state index in [0.29, 0.717) is 26.6 Å². The molecular formula is C22H22ClN3O4S. The molecule has 3 rings (SSSR count). The Morgan fingerprint density at radius 1 is 1.23 bits per heavy atom. The molecule has 0 spiro atoms. The van der Waals surface area contributed by atoms with Crippen molar-refractivity contribution in [1.82, 2.24) is 14.5 Å².